The van der Waals surface area contributed by atoms with Crippen molar-refractivity contribution in [2.24, 2.45) is 0 Å². The second kappa shape index (κ2) is 5.40. The summed E-state index contributed by atoms with van der Waals surface area (Å²) in [5, 5.41) is 11.0. The van der Waals surface area contributed by atoms with Gasteiger partial charge in [-0.25, -0.2) is 0 Å². The fraction of sp³-hybridized carbons (Fsp3) is 0.267. The number of hydrogen-bond donors (Lipinski definition) is 1. The van der Waals surface area contributed by atoms with Crippen LogP contribution in [0.3, 0.4) is 0 Å². The van der Waals surface area contributed by atoms with Crippen LogP contribution in [0.25, 0.3) is 16.9 Å². The van der Waals surface area contributed by atoms with Gasteiger partial charge in [0, 0.05) is 12.1 Å². The molecule has 1 aromatic carbocycles. The molecule has 0 saturated carbocycles. The first-order valence-corrected chi connectivity index (χ1v) is 6.82. The molecule has 0 unspecified atom stereocenters. The van der Waals surface area contributed by atoms with Crippen molar-refractivity contribution in [2.75, 3.05) is 0 Å². The van der Waals surface area contributed by atoms with Crippen LogP contribution in [0.4, 0.5) is 0 Å². The number of carbonyl (C=O) groups excluding carboxylic acids is 1. The first-order chi connectivity index (χ1) is 10.1. The normalized spacial score (nSPS) is 11.2. The number of rotatable bonds is 4. The predicted octanol–water partition coefficient (Wildman–Crippen LogP) is 2.08. The molecular weight excluding hydrogens is 268 g/mol. The minimum atomic E-state index is -0.0608. The van der Waals surface area contributed by atoms with Crippen molar-refractivity contribution in [1.82, 2.24) is 20.3 Å². The number of nitrogens with one attached hydrogen (secondary N) is 1. The van der Waals surface area contributed by atoms with E-state index >= 15 is 0 Å². The highest BCUT2D eigenvalue weighted by Crippen LogP contribution is 2.18. The molecule has 0 saturated heterocycles. The van der Waals surface area contributed by atoms with Gasteiger partial charge in [-0.15, -0.1) is 5.10 Å². The first kappa shape index (κ1) is 13.4. The summed E-state index contributed by atoms with van der Waals surface area (Å²) >= 11 is 0. The Morgan fingerprint density at radius 2 is 2.10 bits per heavy atom. The van der Waals surface area contributed by atoms with Crippen molar-refractivity contribution in [3.63, 3.8) is 0 Å². The predicted molar refractivity (Wildman–Crippen MR) is 78.1 cm³/mol. The summed E-state index contributed by atoms with van der Waals surface area (Å²) in [5.74, 6) is 1.09. The largest absolute Gasteiger partial charge is 0.443 e. The van der Waals surface area contributed by atoms with Gasteiger partial charge in [0.05, 0.1) is 11.9 Å². The molecule has 2 aromatic heterocycles. The van der Waals surface area contributed by atoms with E-state index in [1.165, 1.54) is 0 Å². The fourth-order valence-corrected chi connectivity index (χ4v) is 2.14. The molecule has 0 spiro atoms. The van der Waals surface area contributed by atoms with Crippen molar-refractivity contribution in [3.8, 4) is 5.88 Å². The summed E-state index contributed by atoms with van der Waals surface area (Å²) in [7, 11) is 0. The van der Waals surface area contributed by atoms with Crippen LogP contribution in [-0.2, 0) is 11.2 Å². The van der Waals surface area contributed by atoms with Crippen molar-refractivity contribution in [2.45, 2.75) is 26.3 Å². The molecule has 21 heavy (non-hydrogen) atoms. The fourth-order valence-electron chi connectivity index (χ4n) is 2.14. The Bertz CT molecular complexity index is 773. The highest BCUT2D eigenvalue weighted by Gasteiger charge is 2.12. The number of carbonyl (C=O) groups is 1. The van der Waals surface area contributed by atoms with E-state index in [2.05, 4.69) is 15.6 Å². The molecule has 3 rings (SSSR count). The minimum Gasteiger partial charge on any atom is -0.443 e. The van der Waals surface area contributed by atoms with Gasteiger partial charge in [-0.3, -0.25) is 4.79 Å². The number of amides is 1. The average molecular weight is 284 g/mol. The van der Waals surface area contributed by atoms with Gasteiger partial charge in [-0.05, 0) is 32.0 Å². The van der Waals surface area contributed by atoms with Gasteiger partial charge in [-0.2, -0.15) is 4.68 Å². The SMILES string of the molecule is CC(C)NC(=O)Cc1ccc(-n2nnc3ccccc32)o1. The van der Waals surface area contributed by atoms with Crippen LogP contribution >= 0.6 is 0 Å². The average Bonchev–Trinajstić information content (AvgIpc) is 3.03. The van der Waals surface area contributed by atoms with Crippen LogP contribution < -0.4 is 5.32 Å². The molecule has 3 aromatic rings. The van der Waals surface area contributed by atoms with E-state index in [-0.39, 0.29) is 18.4 Å². The molecule has 0 atom stereocenters. The molecule has 6 heteroatoms. The summed E-state index contributed by atoms with van der Waals surface area (Å²) in [6.45, 7) is 3.85. The zero-order valence-corrected chi connectivity index (χ0v) is 11.9. The molecule has 108 valence electrons. The summed E-state index contributed by atoms with van der Waals surface area (Å²) < 4.78 is 7.31. The first-order valence-electron chi connectivity index (χ1n) is 6.82. The third kappa shape index (κ3) is 2.79. The zero-order chi connectivity index (χ0) is 14.8. The number of furan rings is 1. The molecule has 0 aliphatic heterocycles. The van der Waals surface area contributed by atoms with Gasteiger partial charge >= 0.3 is 0 Å². The maximum Gasteiger partial charge on any atom is 0.227 e. The van der Waals surface area contributed by atoms with Gasteiger partial charge in [-0.1, -0.05) is 17.3 Å². The number of benzene rings is 1. The number of aromatic nitrogens is 3. The van der Waals surface area contributed by atoms with Crippen LogP contribution in [0, 0.1) is 0 Å². The number of fused-ring (bicyclic) bond motifs is 1. The van der Waals surface area contributed by atoms with E-state index in [9.17, 15) is 4.79 Å². The van der Waals surface area contributed by atoms with Gasteiger partial charge in [0.1, 0.15) is 11.3 Å². The van der Waals surface area contributed by atoms with Crippen LogP contribution in [0.2, 0.25) is 0 Å². The Morgan fingerprint density at radius 1 is 1.29 bits per heavy atom. The molecule has 0 bridgehead atoms. The van der Waals surface area contributed by atoms with Crippen molar-refractivity contribution < 1.29 is 9.21 Å². The number of hydrogen-bond acceptors (Lipinski definition) is 4. The standard InChI is InChI=1S/C15H16N4O2/c1-10(2)16-14(20)9-11-7-8-15(21-11)19-13-6-4-3-5-12(13)17-18-19/h3-8,10H,9H2,1-2H3,(H,16,20). The Hall–Kier alpha value is -2.63. The van der Waals surface area contributed by atoms with Crippen LogP contribution in [0.1, 0.15) is 19.6 Å². The third-order valence-corrected chi connectivity index (χ3v) is 2.99. The van der Waals surface area contributed by atoms with Crippen LogP contribution in [0.15, 0.2) is 40.8 Å². The molecule has 1 N–H and O–H groups in total. The molecule has 0 aliphatic carbocycles. The Balaban J connectivity index is 1.83. The number of para-hydroxylation sites is 1. The quantitative estimate of drug-likeness (QED) is 0.796. The Labute approximate surface area is 121 Å². The second-order valence-corrected chi connectivity index (χ2v) is 5.13. The van der Waals surface area contributed by atoms with Crippen LogP contribution in [-0.4, -0.2) is 26.9 Å². The Kier molecular flexibility index (Phi) is 3.43. The maximum absolute atomic E-state index is 11.7. The molecule has 2 heterocycles. The topological polar surface area (TPSA) is 73.0 Å². The van der Waals surface area contributed by atoms with E-state index in [4.69, 9.17) is 4.42 Å². The highest BCUT2D eigenvalue weighted by molar-refractivity contribution is 5.78. The highest BCUT2D eigenvalue weighted by atomic mass is 16.4. The third-order valence-electron chi connectivity index (χ3n) is 2.99. The lowest BCUT2D eigenvalue weighted by Crippen LogP contribution is -2.31. The maximum atomic E-state index is 11.7. The van der Waals surface area contributed by atoms with Gasteiger partial charge < -0.3 is 9.73 Å². The molecular formula is C15H16N4O2. The molecule has 1 amide bonds. The van der Waals surface area contributed by atoms with Gasteiger partial charge in [0.2, 0.25) is 11.8 Å². The molecule has 0 radical (unpaired) electrons. The lowest BCUT2D eigenvalue weighted by Gasteiger charge is -2.06. The number of nitrogens with zero attached hydrogens (tertiary/aromatic N) is 3. The van der Waals surface area contributed by atoms with E-state index in [0.29, 0.717) is 11.6 Å². The van der Waals surface area contributed by atoms with Crippen molar-refractivity contribution in [3.05, 3.63) is 42.2 Å². The monoisotopic (exact) mass is 284 g/mol. The smallest absolute Gasteiger partial charge is 0.227 e. The Morgan fingerprint density at radius 3 is 2.90 bits per heavy atom. The molecule has 0 fully saturated rings. The van der Waals surface area contributed by atoms with E-state index in [0.717, 1.165) is 11.0 Å². The van der Waals surface area contributed by atoms with Gasteiger partial charge in [0.25, 0.3) is 0 Å². The van der Waals surface area contributed by atoms with Gasteiger partial charge in [0.15, 0.2) is 0 Å². The van der Waals surface area contributed by atoms with Crippen molar-refractivity contribution in [1.29, 1.82) is 0 Å². The van der Waals surface area contributed by atoms with E-state index in [1.807, 2.05) is 38.1 Å². The summed E-state index contributed by atoms with van der Waals surface area (Å²) in [6.07, 6.45) is 0.213. The molecule has 0 aliphatic rings. The molecule has 6 nitrogen and oxygen atoms in total. The zero-order valence-electron chi connectivity index (χ0n) is 11.9. The lowest BCUT2D eigenvalue weighted by atomic mass is 10.3. The van der Waals surface area contributed by atoms with E-state index in [1.54, 1.807) is 16.8 Å². The van der Waals surface area contributed by atoms with E-state index < -0.39 is 0 Å². The minimum absolute atomic E-state index is 0.0608. The van der Waals surface area contributed by atoms with Crippen LogP contribution in [0.5, 0.6) is 0 Å². The summed E-state index contributed by atoms with van der Waals surface area (Å²) in [6, 6.07) is 11.3. The second-order valence-electron chi connectivity index (χ2n) is 5.13. The summed E-state index contributed by atoms with van der Waals surface area (Å²) in [5.41, 5.74) is 1.66. The van der Waals surface area contributed by atoms with Crippen molar-refractivity contribution >= 4 is 16.9 Å². The summed E-state index contributed by atoms with van der Waals surface area (Å²) in [4.78, 5) is 11.7. The lowest BCUT2D eigenvalue weighted by molar-refractivity contribution is -0.121.